The van der Waals surface area contributed by atoms with Gasteiger partial charge >= 0.3 is 0 Å². The smallest absolute Gasteiger partial charge is 0.243 e. The number of rotatable bonds is 4. The largest absolute Gasteiger partial charge is 0.497 e. The van der Waals surface area contributed by atoms with Crippen LogP contribution in [-0.2, 0) is 0 Å². The summed E-state index contributed by atoms with van der Waals surface area (Å²) in [6, 6.07) is 16.2. The van der Waals surface area contributed by atoms with Crippen LogP contribution >= 0.6 is 0 Å². The predicted octanol–water partition coefficient (Wildman–Crippen LogP) is 2.84. The highest BCUT2D eigenvalue weighted by Gasteiger charge is 2.31. The number of methoxy groups -OCH3 is 2. The third-order valence-electron chi connectivity index (χ3n) is 4.53. The van der Waals surface area contributed by atoms with E-state index in [1.807, 2.05) is 41.1 Å². The van der Waals surface area contributed by atoms with Crippen molar-refractivity contribution in [1.82, 2.24) is 20.2 Å². The molecule has 0 fully saturated rings. The Morgan fingerprint density at radius 3 is 2.40 bits per heavy atom. The van der Waals surface area contributed by atoms with Gasteiger partial charge in [0, 0.05) is 0 Å². The van der Waals surface area contributed by atoms with Crippen LogP contribution in [0.15, 0.2) is 48.5 Å². The molecule has 7 nitrogen and oxygen atoms in total. The zero-order valence-corrected chi connectivity index (χ0v) is 14.1. The zero-order valence-electron chi connectivity index (χ0n) is 14.1. The Morgan fingerprint density at radius 1 is 1.00 bits per heavy atom. The maximum Gasteiger partial charge on any atom is 0.243 e. The number of nitrogens with one attached hydrogen (secondary N) is 1. The number of benzene rings is 2. The molecule has 0 spiro atoms. The van der Waals surface area contributed by atoms with Crippen molar-refractivity contribution in [2.24, 2.45) is 0 Å². The van der Waals surface area contributed by atoms with Crippen molar-refractivity contribution < 1.29 is 9.47 Å². The van der Waals surface area contributed by atoms with Gasteiger partial charge in [0.15, 0.2) is 0 Å². The highest BCUT2D eigenvalue weighted by atomic mass is 16.5. The van der Waals surface area contributed by atoms with E-state index in [1.54, 1.807) is 14.2 Å². The quantitative estimate of drug-likeness (QED) is 0.789. The molecule has 3 aromatic rings. The van der Waals surface area contributed by atoms with Crippen LogP contribution in [0, 0.1) is 0 Å². The highest BCUT2D eigenvalue weighted by Crippen LogP contribution is 2.38. The molecule has 4 rings (SSSR count). The number of nitrogens with zero attached hydrogens (tertiary/aromatic N) is 4. The summed E-state index contributed by atoms with van der Waals surface area (Å²) in [7, 11) is 3.34. The van der Waals surface area contributed by atoms with Crippen molar-refractivity contribution in [3.63, 3.8) is 0 Å². The molecular formula is C18H19N5O2. The molecule has 2 aromatic carbocycles. The third kappa shape index (κ3) is 2.88. The summed E-state index contributed by atoms with van der Waals surface area (Å²) in [5.41, 5.74) is 2.25. The van der Waals surface area contributed by atoms with E-state index in [0.29, 0.717) is 5.95 Å². The van der Waals surface area contributed by atoms with Crippen molar-refractivity contribution in [3.8, 4) is 11.5 Å². The number of fused-ring (bicyclic) bond motifs is 1. The first-order valence-electron chi connectivity index (χ1n) is 8.11. The summed E-state index contributed by atoms with van der Waals surface area (Å²) in [4.78, 5) is 0. The molecule has 25 heavy (non-hydrogen) atoms. The van der Waals surface area contributed by atoms with E-state index in [4.69, 9.17) is 9.47 Å². The van der Waals surface area contributed by atoms with Gasteiger partial charge in [-0.3, -0.25) is 0 Å². The summed E-state index contributed by atoms with van der Waals surface area (Å²) in [6.07, 6.45) is 0.818. The van der Waals surface area contributed by atoms with E-state index in [0.717, 1.165) is 29.0 Å². The van der Waals surface area contributed by atoms with Gasteiger partial charge < -0.3 is 14.8 Å². The molecule has 128 valence electrons. The normalized spacial score (nSPS) is 19.0. The Labute approximate surface area is 145 Å². The van der Waals surface area contributed by atoms with Crippen molar-refractivity contribution in [1.29, 1.82) is 0 Å². The molecule has 1 aliphatic rings. The summed E-state index contributed by atoms with van der Waals surface area (Å²) < 4.78 is 12.5. The Balaban J connectivity index is 1.72. The monoisotopic (exact) mass is 337 g/mol. The molecule has 1 aromatic heterocycles. The van der Waals surface area contributed by atoms with Crippen LogP contribution < -0.4 is 14.8 Å². The molecule has 1 N–H and O–H groups in total. The molecule has 2 heterocycles. The minimum Gasteiger partial charge on any atom is -0.497 e. The molecule has 2 atom stereocenters. The van der Waals surface area contributed by atoms with Crippen LogP contribution in [0.25, 0.3) is 0 Å². The van der Waals surface area contributed by atoms with E-state index < -0.39 is 0 Å². The standard InChI is InChI=1S/C18H19N5O2/c1-24-14-7-3-5-12(9-14)16-11-17(23-18(19-16)20-21-22-23)13-6-4-8-15(10-13)25-2/h3-10,16-17H,11H2,1-2H3,(H,19,20,22)/t16-,17+/m0/s1. The van der Waals surface area contributed by atoms with Crippen LogP contribution in [0.3, 0.4) is 0 Å². The Hall–Kier alpha value is -3.09. The number of hydrogen-bond acceptors (Lipinski definition) is 6. The highest BCUT2D eigenvalue weighted by molar-refractivity contribution is 5.41. The van der Waals surface area contributed by atoms with Crippen LogP contribution in [0.5, 0.6) is 11.5 Å². The third-order valence-corrected chi connectivity index (χ3v) is 4.53. The first kappa shape index (κ1) is 15.4. The lowest BCUT2D eigenvalue weighted by Crippen LogP contribution is -2.28. The zero-order chi connectivity index (χ0) is 17.2. The summed E-state index contributed by atoms with van der Waals surface area (Å²) in [5, 5.41) is 15.5. The number of aromatic nitrogens is 4. The minimum atomic E-state index is 0.0255. The number of ether oxygens (including phenoxy) is 2. The van der Waals surface area contributed by atoms with Gasteiger partial charge in [-0.2, -0.15) is 0 Å². The number of tetrazole rings is 1. The Bertz CT molecular complexity index is 879. The van der Waals surface area contributed by atoms with Crippen molar-refractivity contribution >= 4 is 5.95 Å². The minimum absolute atomic E-state index is 0.0255. The summed E-state index contributed by atoms with van der Waals surface area (Å²) >= 11 is 0. The lowest BCUT2D eigenvalue weighted by atomic mass is 9.93. The first-order valence-corrected chi connectivity index (χ1v) is 8.11. The van der Waals surface area contributed by atoms with Crippen molar-refractivity contribution in [2.45, 2.75) is 18.5 Å². The lowest BCUT2D eigenvalue weighted by Gasteiger charge is -2.31. The van der Waals surface area contributed by atoms with Gasteiger partial charge in [-0.1, -0.05) is 29.4 Å². The van der Waals surface area contributed by atoms with E-state index in [1.165, 1.54) is 0 Å². The Kier molecular flexibility index (Phi) is 3.97. The first-order chi connectivity index (χ1) is 12.3. The maximum atomic E-state index is 5.36. The summed E-state index contributed by atoms with van der Waals surface area (Å²) in [6.45, 7) is 0. The average molecular weight is 337 g/mol. The second-order valence-corrected chi connectivity index (χ2v) is 5.95. The van der Waals surface area contributed by atoms with Gasteiger partial charge in [-0.25, -0.2) is 4.68 Å². The molecule has 1 aliphatic heterocycles. The van der Waals surface area contributed by atoms with E-state index in [2.05, 4.69) is 33.0 Å². The van der Waals surface area contributed by atoms with Gasteiger partial charge in [0.2, 0.25) is 5.95 Å². The van der Waals surface area contributed by atoms with Gasteiger partial charge in [0.05, 0.1) is 26.3 Å². The second-order valence-electron chi connectivity index (χ2n) is 5.95. The van der Waals surface area contributed by atoms with Crippen molar-refractivity contribution in [2.75, 3.05) is 19.5 Å². The molecule has 0 unspecified atom stereocenters. The average Bonchev–Trinajstić information content (AvgIpc) is 3.16. The fourth-order valence-corrected chi connectivity index (χ4v) is 3.24. The van der Waals surface area contributed by atoms with E-state index in [-0.39, 0.29) is 12.1 Å². The lowest BCUT2D eigenvalue weighted by molar-refractivity contribution is 0.402. The molecule has 7 heteroatoms. The predicted molar refractivity (Wildman–Crippen MR) is 92.9 cm³/mol. The van der Waals surface area contributed by atoms with Crippen LogP contribution in [0.1, 0.15) is 29.6 Å². The van der Waals surface area contributed by atoms with Crippen LogP contribution in [0.2, 0.25) is 0 Å². The van der Waals surface area contributed by atoms with E-state index in [9.17, 15) is 0 Å². The summed E-state index contributed by atoms with van der Waals surface area (Å²) in [5.74, 6) is 2.32. The van der Waals surface area contributed by atoms with E-state index >= 15 is 0 Å². The second kappa shape index (κ2) is 6.43. The molecule has 0 saturated heterocycles. The SMILES string of the molecule is COc1cccc([C@@H]2C[C@H](c3cccc(OC)c3)n3nnnc3N2)c1. The molecular weight excluding hydrogens is 318 g/mol. The molecule has 0 bridgehead atoms. The van der Waals surface area contributed by atoms with Gasteiger partial charge in [-0.15, -0.1) is 0 Å². The molecule has 0 aliphatic carbocycles. The topological polar surface area (TPSA) is 74.1 Å². The fourth-order valence-electron chi connectivity index (χ4n) is 3.24. The molecule has 0 amide bonds. The molecule has 0 saturated carbocycles. The number of hydrogen-bond donors (Lipinski definition) is 1. The molecule has 0 radical (unpaired) electrons. The van der Waals surface area contributed by atoms with Gasteiger partial charge in [0.25, 0.3) is 0 Å². The van der Waals surface area contributed by atoms with Crippen LogP contribution in [0.4, 0.5) is 5.95 Å². The van der Waals surface area contributed by atoms with Crippen LogP contribution in [-0.4, -0.2) is 34.4 Å². The number of anilines is 1. The maximum absolute atomic E-state index is 5.36. The fraction of sp³-hybridized carbons (Fsp3) is 0.278. The Morgan fingerprint density at radius 2 is 1.68 bits per heavy atom. The van der Waals surface area contributed by atoms with Gasteiger partial charge in [0.1, 0.15) is 11.5 Å². The van der Waals surface area contributed by atoms with Gasteiger partial charge in [-0.05, 0) is 52.2 Å². The van der Waals surface area contributed by atoms with Crippen molar-refractivity contribution in [3.05, 3.63) is 59.7 Å².